The molecule has 0 amide bonds. The van der Waals surface area contributed by atoms with E-state index in [0.717, 1.165) is 12.0 Å². The highest BCUT2D eigenvalue weighted by atomic mass is 79.9. The zero-order valence-corrected chi connectivity index (χ0v) is 11.1. The lowest BCUT2D eigenvalue weighted by atomic mass is 9.93. The van der Waals surface area contributed by atoms with E-state index >= 15 is 0 Å². The Labute approximate surface area is 106 Å². The number of hydrogen-bond acceptors (Lipinski definition) is 1. The minimum absolute atomic E-state index is 0.773. The van der Waals surface area contributed by atoms with Crippen LogP contribution in [-0.2, 0) is 6.42 Å². The summed E-state index contributed by atoms with van der Waals surface area (Å²) in [6, 6.07) is 7.58. The Bertz CT molecular complexity index is 382. The Morgan fingerprint density at radius 3 is 3.06 bits per heavy atom. The normalized spacial score (nSPS) is 28.3. The van der Waals surface area contributed by atoms with Gasteiger partial charge >= 0.3 is 0 Å². The average Bonchev–Trinajstić information content (AvgIpc) is 2.90. The Morgan fingerprint density at radius 2 is 2.25 bits per heavy atom. The molecule has 2 unspecified atom stereocenters. The van der Waals surface area contributed by atoms with Gasteiger partial charge in [-0.2, -0.15) is 0 Å². The van der Waals surface area contributed by atoms with E-state index < -0.39 is 0 Å². The molecule has 1 aliphatic heterocycles. The van der Waals surface area contributed by atoms with E-state index in [1.807, 2.05) is 0 Å². The summed E-state index contributed by atoms with van der Waals surface area (Å²) in [4.78, 5) is 0. The fourth-order valence-corrected chi connectivity index (χ4v) is 3.58. The van der Waals surface area contributed by atoms with Crippen LogP contribution in [0.1, 0.15) is 42.7 Å². The summed E-state index contributed by atoms with van der Waals surface area (Å²) in [6.45, 7) is 1.22. The van der Waals surface area contributed by atoms with Crippen LogP contribution in [0.15, 0.2) is 22.7 Å². The Balaban J connectivity index is 1.77. The van der Waals surface area contributed by atoms with Gasteiger partial charge in [-0.15, -0.1) is 0 Å². The second-order valence-electron chi connectivity index (χ2n) is 5.11. The zero-order chi connectivity index (χ0) is 11.0. The molecule has 1 aromatic carbocycles. The van der Waals surface area contributed by atoms with Crippen molar-refractivity contribution in [2.45, 2.75) is 44.1 Å². The average molecular weight is 280 g/mol. The number of nitrogens with one attached hydrogen (secondary N) is 1. The molecular formula is C14H18BrN. The van der Waals surface area contributed by atoms with Gasteiger partial charge in [-0.3, -0.25) is 0 Å². The zero-order valence-electron chi connectivity index (χ0n) is 9.51. The number of fused-ring (bicyclic) bond motifs is 1. The maximum atomic E-state index is 3.62. The van der Waals surface area contributed by atoms with Crippen LogP contribution < -0.4 is 5.32 Å². The van der Waals surface area contributed by atoms with E-state index in [9.17, 15) is 0 Å². The van der Waals surface area contributed by atoms with Crippen molar-refractivity contribution in [2.75, 3.05) is 6.54 Å². The summed E-state index contributed by atoms with van der Waals surface area (Å²) < 4.78 is 1.23. The third kappa shape index (κ3) is 2.05. The maximum Gasteiger partial charge on any atom is 0.0178 e. The fraction of sp³-hybridized carbons (Fsp3) is 0.571. The van der Waals surface area contributed by atoms with E-state index in [1.165, 1.54) is 43.1 Å². The minimum atomic E-state index is 0.773. The van der Waals surface area contributed by atoms with Gasteiger partial charge in [0.1, 0.15) is 0 Å². The summed E-state index contributed by atoms with van der Waals surface area (Å²) in [6.07, 6.45) is 6.70. The maximum absolute atomic E-state index is 3.62. The molecule has 2 aliphatic rings. The number of hydrogen-bond donors (Lipinski definition) is 1. The molecule has 1 aromatic rings. The van der Waals surface area contributed by atoms with E-state index in [2.05, 4.69) is 39.4 Å². The lowest BCUT2D eigenvalue weighted by molar-refractivity contribution is 0.488. The van der Waals surface area contributed by atoms with Gasteiger partial charge in [0.05, 0.1) is 0 Å². The molecule has 0 bridgehead atoms. The van der Waals surface area contributed by atoms with Crippen molar-refractivity contribution in [3.05, 3.63) is 33.8 Å². The molecule has 1 N–H and O–H groups in total. The van der Waals surface area contributed by atoms with Gasteiger partial charge in [0.25, 0.3) is 0 Å². The SMILES string of the molecule is Brc1ccc2c(c1)C(CC1CCCN1)CC2. The molecule has 16 heavy (non-hydrogen) atoms. The molecule has 1 heterocycles. The Morgan fingerprint density at radius 1 is 1.31 bits per heavy atom. The lowest BCUT2D eigenvalue weighted by Gasteiger charge is -2.17. The monoisotopic (exact) mass is 279 g/mol. The summed E-state index contributed by atoms with van der Waals surface area (Å²) in [7, 11) is 0. The highest BCUT2D eigenvalue weighted by molar-refractivity contribution is 9.10. The van der Waals surface area contributed by atoms with Crippen LogP contribution in [0.4, 0.5) is 0 Å². The second kappa shape index (κ2) is 4.50. The highest BCUT2D eigenvalue weighted by Crippen LogP contribution is 2.38. The van der Waals surface area contributed by atoms with Crippen LogP contribution >= 0.6 is 15.9 Å². The molecule has 0 saturated carbocycles. The highest BCUT2D eigenvalue weighted by Gasteiger charge is 2.26. The molecule has 1 aliphatic carbocycles. The van der Waals surface area contributed by atoms with Gasteiger partial charge in [-0.1, -0.05) is 22.0 Å². The van der Waals surface area contributed by atoms with Crippen molar-refractivity contribution in [3.8, 4) is 0 Å². The lowest BCUT2D eigenvalue weighted by Crippen LogP contribution is -2.23. The summed E-state index contributed by atoms with van der Waals surface area (Å²) in [5.41, 5.74) is 3.18. The molecule has 1 nitrogen and oxygen atoms in total. The van der Waals surface area contributed by atoms with Crippen molar-refractivity contribution in [2.24, 2.45) is 0 Å². The topological polar surface area (TPSA) is 12.0 Å². The van der Waals surface area contributed by atoms with Gasteiger partial charge in [-0.25, -0.2) is 0 Å². The van der Waals surface area contributed by atoms with Gasteiger partial charge in [-0.05, 0) is 67.8 Å². The molecule has 1 fully saturated rings. The number of halogens is 1. The summed E-state index contributed by atoms with van der Waals surface area (Å²) >= 11 is 3.59. The first-order chi connectivity index (χ1) is 7.83. The van der Waals surface area contributed by atoms with Crippen LogP contribution in [0.2, 0.25) is 0 Å². The standard InChI is InChI=1S/C14H18BrN/c15-12-6-5-10-3-4-11(14(10)9-12)8-13-2-1-7-16-13/h5-6,9,11,13,16H,1-4,7-8H2. The molecule has 2 atom stereocenters. The summed E-state index contributed by atoms with van der Waals surface area (Å²) in [5, 5.41) is 3.62. The predicted octanol–water partition coefficient (Wildman–Crippen LogP) is 3.62. The van der Waals surface area contributed by atoms with E-state index in [0.29, 0.717) is 0 Å². The van der Waals surface area contributed by atoms with Crippen LogP contribution in [0, 0.1) is 0 Å². The fourth-order valence-electron chi connectivity index (χ4n) is 3.20. The molecule has 0 aromatic heterocycles. The van der Waals surface area contributed by atoms with Gasteiger partial charge < -0.3 is 5.32 Å². The molecule has 0 spiro atoms. The Kier molecular flexibility index (Phi) is 3.03. The van der Waals surface area contributed by atoms with Crippen molar-refractivity contribution < 1.29 is 0 Å². The molecule has 0 radical (unpaired) electrons. The van der Waals surface area contributed by atoms with Gasteiger partial charge in [0.15, 0.2) is 0 Å². The number of rotatable bonds is 2. The number of benzene rings is 1. The first-order valence-corrected chi connectivity index (χ1v) is 7.14. The first kappa shape index (κ1) is 10.8. The quantitative estimate of drug-likeness (QED) is 0.872. The van der Waals surface area contributed by atoms with E-state index in [4.69, 9.17) is 0 Å². The van der Waals surface area contributed by atoms with E-state index in [-0.39, 0.29) is 0 Å². The van der Waals surface area contributed by atoms with E-state index in [1.54, 1.807) is 11.1 Å². The van der Waals surface area contributed by atoms with Crippen molar-refractivity contribution in [1.29, 1.82) is 0 Å². The van der Waals surface area contributed by atoms with Crippen LogP contribution in [0.25, 0.3) is 0 Å². The second-order valence-corrected chi connectivity index (χ2v) is 6.02. The van der Waals surface area contributed by atoms with Crippen molar-refractivity contribution >= 4 is 15.9 Å². The van der Waals surface area contributed by atoms with Crippen molar-refractivity contribution in [1.82, 2.24) is 5.32 Å². The smallest absolute Gasteiger partial charge is 0.0178 e. The summed E-state index contributed by atoms with van der Waals surface area (Å²) in [5.74, 6) is 0.795. The molecule has 86 valence electrons. The molecule has 1 saturated heterocycles. The third-order valence-electron chi connectivity index (χ3n) is 4.04. The molecule has 2 heteroatoms. The predicted molar refractivity (Wildman–Crippen MR) is 70.8 cm³/mol. The van der Waals surface area contributed by atoms with Crippen LogP contribution in [0.3, 0.4) is 0 Å². The van der Waals surface area contributed by atoms with Crippen molar-refractivity contribution in [3.63, 3.8) is 0 Å². The largest absolute Gasteiger partial charge is 0.314 e. The number of aryl methyl sites for hydroxylation is 1. The van der Waals surface area contributed by atoms with Gasteiger partial charge in [0.2, 0.25) is 0 Å². The van der Waals surface area contributed by atoms with Gasteiger partial charge in [0, 0.05) is 10.5 Å². The molecular weight excluding hydrogens is 262 g/mol. The third-order valence-corrected chi connectivity index (χ3v) is 4.53. The molecule has 3 rings (SSSR count). The minimum Gasteiger partial charge on any atom is -0.314 e. The van der Waals surface area contributed by atoms with Crippen LogP contribution in [0.5, 0.6) is 0 Å². The Hall–Kier alpha value is -0.340. The first-order valence-electron chi connectivity index (χ1n) is 6.34. The van der Waals surface area contributed by atoms with Crippen LogP contribution in [-0.4, -0.2) is 12.6 Å².